The lowest BCUT2D eigenvalue weighted by molar-refractivity contribution is 0.339. The standard InChI is InChI=1S/C16H23N3O/c17-13-4-1-11(2-5-13)10-18-14-6-7-15-12(9-14)3-8-16(15)19-20/h6-7,9,11,13,16,18H,1-5,8,10,17H2. The average molecular weight is 273 g/mol. The van der Waals surface area contributed by atoms with Gasteiger partial charge >= 0.3 is 0 Å². The summed E-state index contributed by atoms with van der Waals surface area (Å²) in [5, 5.41) is 6.74. The molecule has 0 spiro atoms. The summed E-state index contributed by atoms with van der Waals surface area (Å²) in [5.74, 6) is 0.743. The second kappa shape index (κ2) is 5.92. The Balaban J connectivity index is 1.58. The highest BCUT2D eigenvalue weighted by molar-refractivity contribution is 5.51. The van der Waals surface area contributed by atoms with E-state index in [1.54, 1.807) is 0 Å². The van der Waals surface area contributed by atoms with E-state index < -0.39 is 0 Å². The number of nitroso groups, excluding NO2 is 1. The smallest absolute Gasteiger partial charge is 0.117 e. The summed E-state index contributed by atoms with van der Waals surface area (Å²) < 4.78 is 0. The number of rotatable bonds is 4. The van der Waals surface area contributed by atoms with Gasteiger partial charge in [-0.1, -0.05) is 11.2 Å². The van der Waals surface area contributed by atoms with Gasteiger partial charge < -0.3 is 11.1 Å². The van der Waals surface area contributed by atoms with Crippen molar-refractivity contribution in [3.05, 3.63) is 34.2 Å². The van der Waals surface area contributed by atoms with Crippen LogP contribution >= 0.6 is 0 Å². The molecule has 0 radical (unpaired) electrons. The number of anilines is 1. The van der Waals surface area contributed by atoms with E-state index in [9.17, 15) is 4.91 Å². The number of aryl methyl sites for hydroxylation is 1. The zero-order valence-corrected chi connectivity index (χ0v) is 11.8. The van der Waals surface area contributed by atoms with E-state index in [0.717, 1.165) is 43.7 Å². The van der Waals surface area contributed by atoms with Gasteiger partial charge in [0, 0.05) is 18.3 Å². The third-order valence-electron chi connectivity index (χ3n) is 4.80. The molecule has 0 saturated heterocycles. The fourth-order valence-electron chi connectivity index (χ4n) is 3.47. The first-order valence-electron chi connectivity index (χ1n) is 7.71. The third-order valence-corrected chi connectivity index (χ3v) is 4.80. The lowest BCUT2D eigenvalue weighted by Crippen LogP contribution is -2.29. The van der Waals surface area contributed by atoms with Crippen LogP contribution in [0.5, 0.6) is 0 Å². The van der Waals surface area contributed by atoms with Crippen molar-refractivity contribution in [2.24, 2.45) is 16.8 Å². The van der Waals surface area contributed by atoms with Crippen molar-refractivity contribution in [1.82, 2.24) is 0 Å². The summed E-state index contributed by atoms with van der Waals surface area (Å²) in [5.41, 5.74) is 9.51. The minimum atomic E-state index is -0.126. The molecule has 0 bridgehead atoms. The molecule has 1 saturated carbocycles. The minimum Gasteiger partial charge on any atom is -0.385 e. The summed E-state index contributed by atoms with van der Waals surface area (Å²) >= 11 is 0. The van der Waals surface area contributed by atoms with E-state index in [-0.39, 0.29) is 6.04 Å². The van der Waals surface area contributed by atoms with Crippen LogP contribution in [0.2, 0.25) is 0 Å². The average Bonchev–Trinajstić information content (AvgIpc) is 2.89. The van der Waals surface area contributed by atoms with Crippen LogP contribution in [0.15, 0.2) is 23.4 Å². The van der Waals surface area contributed by atoms with Gasteiger partial charge in [-0.25, -0.2) is 0 Å². The third kappa shape index (κ3) is 2.85. The first kappa shape index (κ1) is 13.6. The van der Waals surface area contributed by atoms with E-state index in [0.29, 0.717) is 6.04 Å². The molecule has 2 aliphatic carbocycles. The molecule has 3 rings (SSSR count). The molecule has 1 atom stereocenters. The summed E-state index contributed by atoms with van der Waals surface area (Å²) in [6, 6.07) is 6.62. The summed E-state index contributed by atoms with van der Waals surface area (Å²) in [6.07, 6.45) is 6.61. The van der Waals surface area contributed by atoms with Crippen LogP contribution < -0.4 is 11.1 Å². The van der Waals surface area contributed by atoms with Crippen molar-refractivity contribution >= 4 is 5.69 Å². The van der Waals surface area contributed by atoms with Gasteiger partial charge in [-0.05, 0) is 67.7 Å². The normalized spacial score (nSPS) is 28.9. The number of hydrogen-bond donors (Lipinski definition) is 2. The summed E-state index contributed by atoms with van der Waals surface area (Å²) in [7, 11) is 0. The van der Waals surface area contributed by atoms with Gasteiger partial charge in [-0.3, -0.25) is 0 Å². The molecule has 108 valence electrons. The monoisotopic (exact) mass is 273 g/mol. The van der Waals surface area contributed by atoms with E-state index in [1.807, 2.05) is 0 Å². The predicted molar refractivity (Wildman–Crippen MR) is 81.7 cm³/mol. The predicted octanol–water partition coefficient (Wildman–Crippen LogP) is 3.37. The second-order valence-electron chi connectivity index (χ2n) is 6.24. The van der Waals surface area contributed by atoms with Crippen LogP contribution in [0.4, 0.5) is 5.69 Å². The number of benzene rings is 1. The van der Waals surface area contributed by atoms with Crippen molar-refractivity contribution in [2.45, 2.75) is 50.6 Å². The maximum absolute atomic E-state index is 10.7. The van der Waals surface area contributed by atoms with Crippen LogP contribution in [0, 0.1) is 10.8 Å². The van der Waals surface area contributed by atoms with E-state index in [1.165, 1.54) is 24.1 Å². The molecule has 0 heterocycles. The molecule has 1 aromatic rings. The van der Waals surface area contributed by atoms with Crippen LogP contribution in [-0.4, -0.2) is 12.6 Å². The molecule has 20 heavy (non-hydrogen) atoms. The van der Waals surface area contributed by atoms with E-state index in [4.69, 9.17) is 5.73 Å². The maximum atomic E-state index is 10.7. The van der Waals surface area contributed by atoms with Crippen molar-refractivity contribution in [3.8, 4) is 0 Å². The summed E-state index contributed by atoms with van der Waals surface area (Å²) in [4.78, 5) is 10.7. The molecule has 4 heteroatoms. The first-order valence-corrected chi connectivity index (χ1v) is 7.71. The van der Waals surface area contributed by atoms with Crippen molar-refractivity contribution in [3.63, 3.8) is 0 Å². The number of nitrogens with zero attached hydrogens (tertiary/aromatic N) is 1. The Kier molecular flexibility index (Phi) is 4.01. The van der Waals surface area contributed by atoms with Crippen LogP contribution in [0.1, 0.15) is 49.3 Å². The van der Waals surface area contributed by atoms with Crippen molar-refractivity contribution in [1.29, 1.82) is 0 Å². The topological polar surface area (TPSA) is 67.5 Å². The largest absolute Gasteiger partial charge is 0.385 e. The van der Waals surface area contributed by atoms with Crippen molar-refractivity contribution in [2.75, 3.05) is 11.9 Å². The molecule has 0 aromatic heterocycles. The van der Waals surface area contributed by atoms with Crippen LogP contribution in [0.25, 0.3) is 0 Å². The Morgan fingerprint density at radius 3 is 2.75 bits per heavy atom. The van der Waals surface area contributed by atoms with E-state index in [2.05, 4.69) is 28.7 Å². The van der Waals surface area contributed by atoms with Crippen molar-refractivity contribution < 1.29 is 0 Å². The zero-order chi connectivity index (χ0) is 13.9. The molecule has 1 unspecified atom stereocenters. The highest BCUT2D eigenvalue weighted by Gasteiger charge is 2.23. The maximum Gasteiger partial charge on any atom is 0.117 e. The van der Waals surface area contributed by atoms with Gasteiger partial charge in [-0.2, -0.15) is 4.91 Å². The van der Waals surface area contributed by atoms with E-state index >= 15 is 0 Å². The second-order valence-corrected chi connectivity index (χ2v) is 6.24. The summed E-state index contributed by atoms with van der Waals surface area (Å²) in [6.45, 7) is 1.03. The fraction of sp³-hybridized carbons (Fsp3) is 0.625. The van der Waals surface area contributed by atoms with Gasteiger partial charge in [0.15, 0.2) is 0 Å². The number of nitrogens with two attached hydrogens (primary N) is 1. The minimum absolute atomic E-state index is 0.126. The number of nitrogens with one attached hydrogen (secondary N) is 1. The molecule has 1 fully saturated rings. The Labute approximate surface area is 120 Å². The Hall–Kier alpha value is -1.42. The highest BCUT2D eigenvalue weighted by Crippen LogP contribution is 2.35. The quantitative estimate of drug-likeness (QED) is 0.826. The SMILES string of the molecule is NC1CCC(CNc2ccc3c(c2)CCC3N=O)CC1. The molecule has 4 nitrogen and oxygen atoms in total. The van der Waals surface area contributed by atoms with Gasteiger partial charge in [0.2, 0.25) is 0 Å². The van der Waals surface area contributed by atoms with Crippen LogP contribution in [0.3, 0.4) is 0 Å². The molecule has 3 N–H and O–H groups in total. The van der Waals surface area contributed by atoms with Crippen LogP contribution in [-0.2, 0) is 6.42 Å². The zero-order valence-electron chi connectivity index (χ0n) is 11.8. The Bertz CT molecular complexity index is 481. The number of fused-ring (bicyclic) bond motifs is 1. The Morgan fingerprint density at radius 1 is 1.20 bits per heavy atom. The lowest BCUT2D eigenvalue weighted by Gasteiger charge is -2.26. The highest BCUT2D eigenvalue weighted by atomic mass is 16.3. The molecular formula is C16H23N3O. The van der Waals surface area contributed by atoms with Gasteiger partial charge in [0.1, 0.15) is 6.04 Å². The Morgan fingerprint density at radius 2 is 2.00 bits per heavy atom. The molecule has 2 aliphatic rings. The fourth-order valence-corrected chi connectivity index (χ4v) is 3.47. The molecular weight excluding hydrogens is 250 g/mol. The lowest BCUT2D eigenvalue weighted by atomic mass is 9.86. The van der Waals surface area contributed by atoms with Gasteiger partial charge in [0.05, 0.1) is 0 Å². The number of hydrogen-bond acceptors (Lipinski definition) is 4. The first-order chi connectivity index (χ1) is 9.76. The van der Waals surface area contributed by atoms with Gasteiger partial charge in [0.25, 0.3) is 0 Å². The molecule has 0 amide bonds. The van der Waals surface area contributed by atoms with Gasteiger partial charge in [-0.15, -0.1) is 0 Å². The molecule has 0 aliphatic heterocycles. The molecule has 1 aromatic carbocycles.